The van der Waals surface area contributed by atoms with Crippen LogP contribution in [0.15, 0.2) is 21.0 Å². The zero-order valence-corrected chi connectivity index (χ0v) is 12.5. The maximum atomic E-state index is 12.3. The summed E-state index contributed by atoms with van der Waals surface area (Å²) >= 11 is 0. The molecular formula is C14H11N3O7. The molecule has 0 unspecified atom stereocenters. The third kappa shape index (κ3) is 2.39. The van der Waals surface area contributed by atoms with E-state index in [1.807, 2.05) is 0 Å². The molecule has 0 spiro atoms. The molecule has 0 aliphatic heterocycles. The largest absolute Gasteiger partial charge is 0.475 e. The monoisotopic (exact) mass is 333 g/mol. The highest BCUT2D eigenvalue weighted by Gasteiger charge is 2.24. The molecule has 0 atom stereocenters. The van der Waals surface area contributed by atoms with Gasteiger partial charge in [0.2, 0.25) is 5.76 Å². The summed E-state index contributed by atoms with van der Waals surface area (Å²) in [7, 11) is 0. The number of nitrogens with one attached hydrogen (secondary N) is 1. The third-order valence-corrected chi connectivity index (χ3v) is 3.27. The summed E-state index contributed by atoms with van der Waals surface area (Å²) in [6, 6.07) is 2.53. The van der Waals surface area contributed by atoms with Gasteiger partial charge in [0.25, 0.3) is 5.91 Å². The van der Waals surface area contributed by atoms with Gasteiger partial charge in [-0.05, 0) is 19.9 Å². The number of amides is 1. The lowest BCUT2D eigenvalue weighted by Gasteiger charge is -2.00. The van der Waals surface area contributed by atoms with Crippen LogP contribution >= 0.6 is 0 Å². The van der Waals surface area contributed by atoms with Gasteiger partial charge < -0.3 is 24.4 Å². The molecule has 0 radical (unpaired) electrons. The Bertz CT molecular complexity index is 992. The molecule has 10 heteroatoms. The molecule has 0 bridgehead atoms. The number of rotatable bonds is 3. The molecule has 0 saturated carbocycles. The molecule has 3 N–H and O–H groups in total. The molecule has 124 valence electrons. The van der Waals surface area contributed by atoms with E-state index in [9.17, 15) is 14.4 Å². The molecule has 0 aromatic carbocycles. The lowest BCUT2D eigenvalue weighted by molar-refractivity contribution is 0.0665. The van der Waals surface area contributed by atoms with Crippen molar-refractivity contribution in [2.75, 3.05) is 5.32 Å². The fourth-order valence-corrected chi connectivity index (χ4v) is 2.27. The minimum absolute atomic E-state index is 0.0877. The number of hydrogen-bond donors (Lipinski definition) is 3. The number of hydrogen-bond acceptors (Lipinski definition) is 6. The van der Waals surface area contributed by atoms with E-state index in [4.69, 9.17) is 19.0 Å². The van der Waals surface area contributed by atoms with Crippen LogP contribution in [0.2, 0.25) is 0 Å². The molecule has 1 amide bonds. The van der Waals surface area contributed by atoms with Crippen LogP contribution in [-0.4, -0.2) is 38.0 Å². The van der Waals surface area contributed by atoms with Gasteiger partial charge in [-0.1, -0.05) is 0 Å². The SMILES string of the molecule is Cc1cc(C(=O)Nc2nn(C(=O)O)c3cc(C(=O)O)oc23)c(C)o1. The van der Waals surface area contributed by atoms with E-state index in [0.29, 0.717) is 16.2 Å². The Morgan fingerprint density at radius 3 is 2.42 bits per heavy atom. The second-order valence-electron chi connectivity index (χ2n) is 4.95. The normalized spacial score (nSPS) is 10.9. The summed E-state index contributed by atoms with van der Waals surface area (Å²) < 4.78 is 10.9. The molecule has 3 aromatic rings. The van der Waals surface area contributed by atoms with E-state index < -0.39 is 23.7 Å². The lowest BCUT2D eigenvalue weighted by atomic mass is 10.2. The molecule has 0 saturated heterocycles. The van der Waals surface area contributed by atoms with Crippen molar-refractivity contribution >= 4 is 34.9 Å². The number of carbonyl (C=O) groups is 3. The Labute approximate surface area is 133 Å². The highest BCUT2D eigenvalue weighted by atomic mass is 16.4. The summed E-state index contributed by atoms with van der Waals surface area (Å²) in [5, 5.41) is 24.2. The van der Waals surface area contributed by atoms with Crippen molar-refractivity contribution in [1.29, 1.82) is 0 Å². The predicted octanol–water partition coefficient (Wildman–Crippen LogP) is 2.32. The van der Waals surface area contributed by atoms with Crippen molar-refractivity contribution in [2.24, 2.45) is 0 Å². The lowest BCUT2D eigenvalue weighted by Crippen LogP contribution is -2.14. The first kappa shape index (κ1) is 15.3. The second kappa shape index (κ2) is 5.26. The first-order chi connectivity index (χ1) is 11.3. The van der Waals surface area contributed by atoms with E-state index in [2.05, 4.69) is 10.4 Å². The Balaban J connectivity index is 2.05. The number of furan rings is 2. The molecular weight excluding hydrogens is 322 g/mol. The first-order valence-electron chi connectivity index (χ1n) is 6.65. The average molecular weight is 333 g/mol. The number of aromatic nitrogens is 2. The van der Waals surface area contributed by atoms with E-state index >= 15 is 0 Å². The van der Waals surface area contributed by atoms with Gasteiger partial charge in [-0.15, -0.1) is 5.10 Å². The number of carboxylic acids is 1. The fraction of sp³-hybridized carbons (Fsp3) is 0.143. The van der Waals surface area contributed by atoms with Crippen molar-refractivity contribution in [3.8, 4) is 0 Å². The summed E-state index contributed by atoms with van der Waals surface area (Å²) in [6.45, 7) is 3.27. The van der Waals surface area contributed by atoms with Crippen LogP contribution in [-0.2, 0) is 0 Å². The van der Waals surface area contributed by atoms with E-state index in [1.54, 1.807) is 13.8 Å². The summed E-state index contributed by atoms with van der Waals surface area (Å²) in [4.78, 5) is 34.5. The smallest absolute Gasteiger partial charge is 0.432 e. The number of anilines is 1. The zero-order valence-electron chi connectivity index (χ0n) is 12.5. The average Bonchev–Trinajstić information content (AvgIpc) is 3.13. The molecule has 0 fully saturated rings. The number of fused-ring (bicyclic) bond motifs is 1. The highest BCUT2D eigenvalue weighted by molar-refractivity contribution is 6.08. The van der Waals surface area contributed by atoms with E-state index in [0.717, 1.165) is 6.07 Å². The van der Waals surface area contributed by atoms with Gasteiger partial charge in [0, 0.05) is 6.07 Å². The third-order valence-electron chi connectivity index (χ3n) is 3.27. The number of carboxylic acid groups (broad SMARTS) is 2. The molecule has 24 heavy (non-hydrogen) atoms. The van der Waals surface area contributed by atoms with Crippen molar-refractivity contribution in [3.63, 3.8) is 0 Å². The maximum Gasteiger partial charge on any atom is 0.432 e. The topological polar surface area (TPSA) is 148 Å². The van der Waals surface area contributed by atoms with Gasteiger partial charge in [-0.2, -0.15) is 4.68 Å². The van der Waals surface area contributed by atoms with Crippen LogP contribution in [0.4, 0.5) is 10.6 Å². The standard InChI is InChI=1S/C14H11N3O7/c1-5-3-7(6(2)23-5)12(18)15-11-10-8(17(16-11)14(21)22)4-9(24-10)13(19)20/h3-4H,1-2H3,(H,19,20)(H,21,22)(H,15,16,18). The van der Waals surface area contributed by atoms with E-state index in [-0.39, 0.29) is 22.5 Å². The molecule has 3 rings (SSSR count). The van der Waals surface area contributed by atoms with Crippen LogP contribution in [0.5, 0.6) is 0 Å². The Hall–Kier alpha value is -3.56. The molecule has 0 aliphatic carbocycles. The molecule has 3 heterocycles. The molecule has 0 aliphatic rings. The van der Waals surface area contributed by atoms with E-state index in [1.165, 1.54) is 6.07 Å². The molecule has 10 nitrogen and oxygen atoms in total. The zero-order chi connectivity index (χ0) is 17.6. The van der Waals surface area contributed by atoms with Crippen molar-refractivity contribution in [2.45, 2.75) is 13.8 Å². The van der Waals surface area contributed by atoms with Gasteiger partial charge in [0.1, 0.15) is 17.0 Å². The van der Waals surface area contributed by atoms with Gasteiger partial charge in [0.15, 0.2) is 11.4 Å². The summed E-state index contributed by atoms with van der Waals surface area (Å²) in [5.74, 6) is -1.72. The second-order valence-corrected chi connectivity index (χ2v) is 4.95. The summed E-state index contributed by atoms with van der Waals surface area (Å²) in [5.41, 5.74) is 0.00635. The fourth-order valence-electron chi connectivity index (χ4n) is 2.27. The Morgan fingerprint density at radius 2 is 1.88 bits per heavy atom. The van der Waals surface area contributed by atoms with Crippen LogP contribution in [0.1, 0.15) is 32.4 Å². The summed E-state index contributed by atoms with van der Waals surface area (Å²) in [6.07, 6.45) is -1.45. The number of aromatic carboxylic acids is 1. The quantitative estimate of drug-likeness (QED) is 0.661. The van der Waals surface area contributed by atoms with Crippen LogP contribution in [0.3, 0.4) is 0 Å². The van der Waals surface area contributed by atoms with Crippen LogP contribution in [0, 0.1) is 13.8 Å². The van der Waals surface area contributed by atoms with Crippen molar-refractivity contribution < 1.29 is 33.4 Å². The van der Waals surface area contributed by atoms with Gasteiger partial charge in [-0.3, -0.25) is 4.79 Å². The number of carbonyl (C=O) groups excluding carboxylic acids is 1. The predicted molar refractivity (Wildman–Crippen MR) is 78.5 cm³/mol. The van der Waals surface area contributed by atoms with Crippen molar-refractivity contribution in [3.05, 3.63) is 35.0 Å². The molecule has 3 aromatic heterocycles. The minimum atomic E-state index is -1.45. The maximum absolute atomic E-state index is 12.3. The van der Waals surface area contributed by atoms with Gasteiger partial charge in [0.05, 0.1) is 5.56 Å². The minimum Gasteiger partial charge on any atom is -0.475 e. The van der Waals surface area contributed by atoms with Crippen molar-refractivity contribution in [1.82, 2.24) is 9.78 Å². The first-order valence-corrected chi connectivity index (χ1v) is 6.65. The Morgan fingerprint density at radius 1 is 1.17 bits per heavy atom. The number of nitrogens with zero attached hydrogens (tertiary/aromatic N) is 2. The van der Waals surface area contributed by atoms with Gasteiger partial charge >= 0.3 is 12.1 Å². The van der Waals surface area contributed by atoms with Crippen LogP contribution in [0.25, 0.3) is 11.1 Å². The van der Waals surface area contributed by atoms with Gasteiger partial charge in [-0.25, -0.2) is 9.59 Å². The number of aryl methyl sites for hydroxylation is 2. The highest BCUT2D eigenvalue weighted by Crippen LogP contribution is 2.27. The Kier molecular flexibility index (Phi) is 3.36. The van der Waals surface area contributed by atoms with Crippen LogP contribution < -0.4 is 5.32 Å².